The number of aromatic nitrogens is 1. The topological polar surface area (TPSA) is 16.1 Å². The molecule has 0 amide bonds. The molecule has 0 bridgehead atoms. The van der Waals surface area contributed by atoms with Crippen LogP contribution in [-0.4, -0.2) is 30.0 Å². The number of rotatable bonds is 3. The minimum absolute atomic E-state index is 1.03. The van der Waals surface area contributed by atoms with Crippen LogP contribution in [0.2, 0.25) is 0 Å². The fourth-order valence-corrected chi connectivity index (χ4v) is 1.91. The standard InChI is InChI=1S/C13H18N2/c1-3-15(2)10-8-12-7-6-11-5-4-9-14-13(11)12/h4-5,8-9H,3,6-7,10H2,1-2H3/b12-8+. The molecular formula is C13H18N2. The van der Waals surface area contributed by atoms with Gasteiger partial charge in [-0.2, -0.15) is 0 Å². The molecule has 1 aliphatic rings. The van der Waals surface area contributed by atoms with E-state index < -0.39 is 0 Å². The first-order chi connectivity index (χ1) is 7.31. The van der Waals surface area contributed by atoms with Gasteiger partial charge in [0.15, 0.2) is 0 Å². The van der Waals surface area contributed by atoms with E-state index >= 15 is 0 Å². The van der Waals surface area contributed by atoms with E-state index in [4.69, 9.17) is 0 Å². The quantitative estimate of drug-likeness (QED) is 0.748. The van der Waals surface area contributed by atoms with Gasteiger partial charge in [-0.05, 0) is 43.6 Å². The Morgan fingerprint density at radius 3 is 3.13 bits per heavy atom. The Hall–Kier alpha value is -1.15. The second-order valence-corrected chi connectivity index (χ2v) is 4.10. The summed E-state index contributed by atoms with van der Waals surface area (Å²) in [7, 11) is 2.14. The molecule has 0 fully saturated rings. The van der Waals surface area contributed by atoms with E-state index in [1.807, 2.05) is 12.3 Å². The van der Waals surface area contributed by atoms with Gasteiger partial charge in [0.1, 0.15) is 0 Å². The Balaban J connectivity index is 2.13. The first-order valence-electron chi connectivity index (χ1n) is 5.63. The third-order valence-corrected chi connectivity index (χ3v) is 3.05. The van der Waals surface area contributed by atoms with Crippen molar-refractivity contribution in [2.45, 2.75) is 19.8 Å². The second-order valence-electron chi connectivity index (χ2n) is 4.10. The molecule has 0 N–H and O–H groups in total. The molecule has 0 saturated heterocycles. The van der Waals surface area contributed by atoms with Crippen LogP contribution >= 0.6 is 0 Å². The number of allylic oxidation sites excluding steroid dienone is 1. The number of hydrogen-bond donors (Lipinski definition) is 0. The maximum absolute atomic E-state index is 4.46. The molecule has 15 heavy (non-hydrogen) atoms. The van der Waals surface area contributed by atoms with Crippen molar-refractivity contribution in [3.8, 4) is 0 Å². The van der Waals surface area contributed by atoms with E-state index in [2.05, 4.69) is 36.0 Å². The van der Waals surface area contributed by atoms with Crippen molar-refractivity contribution in [3.05, 3.63) is 35.7 Å². The summed E-state index contributed by atoms with van der Waals surface area (Å²) in [5, 5.41) is 0. The Kier molecular flexibility index (Phi) is 3.17. The highest BCUT2D eigenvalue weighted by atomic mass is 15.1. The average Bonchev–Trinajstić information content (AvgIpc) is 2.69. The van der Waals surface area contributed by atoms with Crippen LogP contribution in [0.15, 0.2) is 24.4 Å². The average molecular weight is 202 g/mol. The second kappa shape index (κ2) is 4.58. The maximum Gasteiger partial charge on any atom is 0.0691 e. The lowest BCUT2D eigenvalue weighted by Gasteiger charge is -2.10. The molecule has 0 saturated carbocycles. The van der Waals surface area contributed by atoms with Crippen molar-refractivity contribution in [1.82, 2.24) is 9.88 Å². The van der Waals surface area contributed by atoms with Gasteiger partial charge in [-0.15, -0.1) is 0 Å². The number of likely N-dealkylation sites (N-methyl/N-ethyl adjacent to an activating group) is 1. The largest absolute Gasteiger partial charge is 0.303 e. The minimum atomic E-state index is 1.03. The predicted molar refractivity (Wildman–Crippen MR) is 63.7 cm³/mol. The summed E-state index contributed by atoms with van der Waals surface area (Å²) in [6, 6.07) is 4.21. The van der Waals surface area contributed by atoms with Crippen molar-refractivity contribution >= 4 is 5.57 Å². The molecule has 1 aromatic heterocycles. The monoisotopic (exact) mass is 202 g/mol. The van der Waals surface area contributed by atoms with Crippen LogP contribution in [0, 0.1) is 0 Å². The smallest absolute Gasteiger partial charge is 0.0691 e. The van der Waals surface area contributed by atoms with Crippen LogP contribution in [0.4, 0.5) is 0 Å². The molecule has 2 nitrogen and oxygen atoms in total. The Labute approximate surface area is 91.6 Å². The molecule has 0 aliphatic heterocycles. The normalized spacial score (nSPS) is 17.4. The van der Waals surface area contributed by atoms with Gasteiger partial charge in [0.2, 0.25) is 0 Å². The van der Waals surface area contributed by atoms with Crippen LogP contribution in [0.5, 0.6) is 0 Å². The van der Waals surface area contributed by atoms with E-state index in [0.29, 0.717) is 0 Å². The van der Waals surface area contributed by atoms with Crippen LogP contribution in [0.3, 0.4) is 0 Å². The lowest BCUT2D eigenvalue weighted by atomic mass is 10.2. The van der Waals surface area contributed by atoms with Gasteiger partial charge in [0.05, 0.1) is 5.69 Å². The molecule has 2 heteroatoms. The zero-order chi connectivity index (χ0) is 10.7. The highest BCUT2D eigenvalue weighted by molar-refractivity contribution is 5.69. The number of hydrogen-bond acceptors (Lipinski definition) is 2. The molecule has 0 spiro atoms. The molecule has 0 radical (unpaired) electrons. The highest BCUT2D eigenvalue weighted by Crippen LogP contribution is 2.29. The molecule has 1 aliphatic carbocycles. The van der Waals surface area contributed by atoms with E-state index in [-0.39, 0.29) is 0 Å². The van der Waals surface area contributed by atoms with Gasteiger partial charge < -0.3 is 4.90 Å². The Morgan fingerprint density at radius 2 is 2.33 bits per heavy atom. The van der Waals surface area contributed by atoms with Crippen molar-refractivity contribution in [1.29, 1.82) is 0 Å². The Morgan fingerprint density at radius 1 is 1.47 bits per heavy atom. The SMILES string of the molecule is CCN(C)C/C=C1\CCc2cccnc21. The van der Waals surface area contributed by atoms with Gasteiger partial charge in [-0.1, -0.05) is 19.1 Å². The maximum atomic E-state index is 4.46. The molecule has 0 atom stereocenters. The molecule has 1 aromatic rings. The zero-order valence-corrected chi connectivity index (χ0v) is 9.53. The lowest BCUT2D eigenvalue weighted by Crippen LogP contribution is -2.17. The van der Waals surface area contributed by atoms with Crippen LogP contribution < -0.4 is 0 Å². The summed E-state index contributed by atoms with van der Waals surface area (Å²) < 4.78 is 0. The van der Waals surface area contributed by atoms with Gasteiger partial charge >= 0.3 is 0 Å². The van der Waals surface area contributed by atoms with Crippen LogP contribution in [0.1, 0.15) is 24.6 Å². The number of aryl methyl sites for hydroxylation is 1. The van der Waals surface area contributed by atoms with Crippen LogP contribution in [-0.2, 0) is 6.42 Å². The first kappa shape index (κ1) is 10.4. The number of pyridine rings is 1. The number of nitrogens with zero attached hydrogens (tertiary/aromatic N) is 2. The third-order valence-electron chi connectivity index (χ3n) is 3.05. The molecule has 1 heterocycles. The summed E-state index contributed by atoms with van der Waals surface area (Å²) in [5.74, 6) is 0. The van der Waals surface area contributed by atoms with Gasteiger partial charge in [-0.3, -0.25) is 4.98 Å². The van der Waals surface area contributed by atoms with E-state index in [1.165, 1.54) is 16.8 Å². The highest BCUT2D eigenvalue weighted by Gasteiger charge is 2.16. The van der Waals surface area contributed by atoms with E-state index in [1.54, 1.807) is 0 Å². The minimum Gasteiger partial charge on any atom is -0.303 e. The molecule has 2 rings (SSSR count). The lowest BCUT2D eigenvalue weighted by molar-refractivity contribution is 0.392. The van der Waals surface area contributed by atoms with E-state index in [0.717, 1.165) is 25.9 Å². The first-order valence-corrected chi connectivity index (χ1v) is 5.63. The summed E-state index contributed by atoms with van der Waals surface area (Å²) in [5.41, 5.74) is 4.05. The summed E-state index contributed by atoms with van der Waals surface area (Å²) >= 11 is 0. The zero-order valence-electron chi connectivity index (χ0n) is 9.53. The predicted octanol–water partition coefficient (Wildman–Crippen LogP) is 2.36. The van der Waals surface area contributed by atoms with Gasteiger partial charge in [0.25, 0.3) is 0 Å². The molecule has 80 valence electrons. The summed E-state index contributed by atoms with van der Waals surface area (Å²) in [4.78, 5) is 6.76. The fraction of sp³-hybridized carbons (Fsp3) is 0.462. The van der Waals surface area contributed by atoms with Gasteiger partial charge in [0, 0.05) is 12.7 Å². The van der Waals surface area contributed by atoms with Crippen LogP contribution in [0.25, 0.3) is 5.57 Å². The summed E-state index contributed by atoms with van der Waals surface area (Å²) in [6.45, 7) is 4.31. The van der Waals surface area contributed by atoms with Crippen molar-refractivity contribution in [2.75, 3.05) is 20.1 Å². The molecular weight excluding hydrogens is 184 g/mol. The van der Waals surface area contributed by atoms with E-state index in [9.17, 15) is 0 Å². The molecule has 0 unspecified atom stereocenters. The van der Waals surface area contributed by atoms with Gasteiger partial charge in [-0.25, -0.2) is 0 Å². The number of fused-ring (bicyclic) bond motifs is 1. The van der Waals surface area contributed by atoms with Crippen molar-refractivity contribution < 1.29 is 0 Å². The molecule has 0 aromatic carbocycles. The Bertz CT molecular complexity index is 369. The third kappa shape index (κ3) is 2.26. The van der Waals surface area contributed by atoms with Crippen molar-refractivity contribution in [2.24, 2.45) is 0 Å². The fourth-order valence-electron chi connectivity index (χ4n) is 1.91. The summed E-state index contributed by atoms with van der Waals surface area (Å²) in [6.07, 6.45) is 6.53. The van der Waals surface area contributed by atoms with Crippen molar-refractivity contribution in [3.63, 3.8) is 0 Å².